The number of nitrogens with one attached hydrogen (secondary N) is 1. The standard InChI is InChI=1S/C15H22N4O2/c1-21-9-12-8-14(17-10-16-12)18-15(20)19-7-3-5-11-4-2-6-13(11)19/h8,10-11,13H,2-7,9H2,1H3,(H,16,17,18,20)/t11-,13+/m1/s1. The van der Waals surface area contributed by atoms with E-state index in [-0.39, 0.29) is 6.03 Å². The summed E-state index contributed by atoms with van der Waals surface area (Å²) in [6.45, 7) is 1.27. The fraction of sp³-hybridized carbons (Fsp3) is 0.667. The molecule has 6 heteroatoms. The third-order valence-electron chi connectivity index (χ3n) is 4.51. The molecule has 1 aromatic rings. The number of rotatable bonds is 3. The van der Waals surface area contributed by atoms with Gasteiger partial charge in [-0.15, -0.1) is 0 Å². The number of hydrogen-bond donors (Lipinski definition) is 1. The fourth-order valence-electron chi connectivity index (χ4n) is 3.58. The second-order valence-electron chi connectivity index (χ2n) is 5.85. The molecule has 0 bridgehead atoms. The number of nitrogens with zero attached hydrogens (tertiary/aromatic N) is 3. The minimum atomic E-state index is -0.0336. The van der Waals surface area contributed by atoms with Crippen LogP contribution in [0, 0.1) is 5.92 Å². The van der Waals surface area contributed by atoms with Gasteiger partial charge in [-0.05, 0) is 31.6 Å². The predicted octanol–water partition coefficient (Wildman–Crippen LogP) is 2.42. The van der Waals surface area contributed by atoms with Gasteiger partial charge in [-0.25, -0.2) is 14.8 Å². The number of anilines is 1. The maximum Gasteiger partial charge on any atom is 0.323 e. The van der Waals surface area contributed by atoms with Crippen LogP contribution in [0.1, 0.15) is 37.8 Å². The fourth-order valence-corrected chi connectivity index (χ4v) is 3.58. The molecular formula is C15H22N4O2. The maximum atomic E-state index is 12.5. The van der Waals surface area contributed by atoms with Crippen LogP contribution in [0.15, 0.2) is 12.4 Å². The highest BCUT2D eigenvalue weighted by molar-refractivity contribution is 5.88. The Kier molecular flexibility index (Phi) is 4.34. The Labute approximate surface area is 124 Å². The highest BCUT2D eigenvalue weighted by Crippen LogP contribution is 2.36. The van der Waals surface area contributed by atoms with Gasteiger partial charge in [0.25, 0.3) is 0 Å². The molecule has 0 radical (unpaired) electrons. The van der Waals surface area contributed by atoms with Gasteiger partial charge in [0.05, 0.1) is 12.3 Å². The van der Waals surface area contributed by atoms with Gasteiger partial charge in [-0.2, -0.15) is 0 Å². The summed E-state index contributed by atoms with van der Waals surface area (Å²) in [4.78, 5) is 22.7. The smallest absolute Gasteiger partial charge is 0.323 e. The van der Waals surface area contributed by atoms with Gasteiger partial charge < -0.3 is 9.64 Å². The Hall–Kier alpha value is -1.69. The SMILES string of the molecule is COCc1cc(NC(=O)N2CCC[C@H]3CCC[C@@H]32)ncn1. The van der Waals surface area contributed by atoms with Crippen molar-refractivity contribution in [1.82, 2.24) is 14.9 Å². The molecule has 6 nitrogen and oxygen atoms in total. The van der Waals surface area contributed by atoms with E-state index in [4.69, 9.17) is 4.74 Å². The van der Waals surface area contributed by atoms with E-state index < -0.39 is 0 Å². The molecular weight excluding hydrogens is 268 g/mol. The summed E-state index contributed by atoms with van der Waals surface area (Å²) in [7, 11) is 1.62. The van der Waals surface area contributed by atoms with Crippen LogP contribution in [-0.4, -0.2) is 40.6 Å². The molecule has 0 spiro atoms. The second-order valence-corrected chi connectivity index (χ2v) is 5.85. The molecule has 21 heavy (non-hydrogen) atoms. The van der Waals surface area contributed by atoms with E-state index in [1.807, 2.05) is 4.90 Å². The van der Waals surface area contributed by atoms with Crippen molar-refractivity contribution in [2.45, 2.75) is 44.8 Å². The molecule has 1 N–H and O–H groups in total. The molecule has 0 aromatic carbocycles. The third kappa shape index (κ3) is 3.15. The number of hydrogen-bond acceptors (Lipinski definition) is 4. The number of ether oxygens (including phenoxy) is 1. The minimum Gasteiger partial charge on any atom is -0.378 e. The summed E-state index contributed by atoms with van der Waals surface area (Å²) in [5.41, 5.74) is 0.764. The topological polar surface area (TPSA) is 67.3 Å². The molecule has 3 rings (SSSR count). The van der Waals surface area contributed by atoms with Crippen molar-refractivity contribution in [1.29, 1.82) is 0 Å². The van der Waals surface area contributed by atoms with Gasteiger partial charge >= 0.3 is 6.03 Å². The highest BCUT2D eigenvalue weighted by atomic mass is 16.5. The van der Waals surface area contributed by atoms with Crippen LogP contribution >= 0.6 is 0 Å². The van der Waals surface area contributed by atoms with Crippen LogP contribution in [-0.2, 0) is 11.3 Å². The lowest BCUT2D eigenvalue weighted by atomic mass is 9.92. The molecule has 0 unspecified atom stereocenters. The highest BCUT2D eigenvalue weighted by Gasteiger charge is 2.37. The monoisotopic (exact) mass is 290 g/mol. The molecule has 1 aliphatic heterocycles. The Morgan fingerprint density at radius 3 is 3.10 bits per heavy atom. The van der Waals surface area contributed by atoms with Gasteiger partial charge in [0.1, 0.15) is 12.1 Å². The molecule has 2 aliphatic rings. The van der Waals surface area contributed by atoms with Crippen molar-refractivity contribution in [3.05, 3.63) is 18.1 Å². The first-order valence-electron chi connectivity index (χ1n) is 7.65. The average Bonchev–Trinajstić information content (AvgIpc) is 2.96. The summed E-state index contributed by atoms with van der Waals surface area (Å²) in [5, 5.41) is 2.90. The van der Waals surface area contributed by atoms with E-state index >= 15 is 0 Å². The number of piperidine rings is 1. The Morgan fingerprint density at radius 2 is 2.24 bits per heavy atom. The second kappa shape index (κ2) is 6.39. The van der Waals surface area contributed by atoms with E-state index in [1.54, 1.807) is 13.2 Å². The van der Waals surface area contributed by atoms with Gasteiger partial charge in [0.2, 0.25) is 0 Å². The first-order valence-corrected chi connectivity index (χ1v) is 7.65. The largest absolute Gasteiger partial charge is 0.378 e. The maximum absolute atomic E-state index is 12.5. The van der Waals surface area contributed by atoms with Gasteiger partial charge in [0, 0.05) is 25.8 Å². The third-order valence-corrected chi connectivity index (χ3v) is 4.51. The minimum absolute atomic E-state index is 0.0336. The number of urea groups is 1. The summed E-state index contributed by atoms with van der Waals surface area (Å²) >= 11 is 0. The molecule has 114 valence electrons. The van der Waals surface area contributed by atoms with Crippen molar-refractivity contribution in [2.24, 2.45) is 5.92 Å². The summed E-state index contributed by atoms with van der Waals surface area (Å²) < 4.78 is 5.05. The summed E-state index contributed by atoms with van der Waals surface area (Å²) in [5.74, 6) is 1.24. The van der Waals surface area contributed by atoms with Gasteiger partial charge in [-0.1, -0.05) is 6.42 Å². The van der Waals surface area contributed by atoms with Crippen LogP contribution in [0.3, 0.4) is 0 Å². The molecule has 2 atom stereocenters. The van der Waals surface area contributed by atoms with E-state index in [2.05, 4.69) is 15.3 Å². The van der Waals surface area contributed by atoms with E-state index in [0.717, 1.165) is 25.1 Å². The predicted molar refractivity (Wildman–Crippen MR) is 78.8 cm³/mol. The van der Waals surface area contributed by atoms with Crippen LogP contribution in [0.4, 0.5) is 10.6 Å². The van der Waals surface area contributed by atoms with Crippen molar-refractivity contribution < 1.29 is 9.53 Å². The van der Waals surface area contributed by atoms with Crippen molar-refractivity contribution in [3.63, 3.8) is 0 Å². The van der Waals surface area contributed by atoms with Crippen LogP contribution in [0.5, 0.6) is 0 Å². The molecule has 2 amide bonds. The number of methoxy groups -OCH3 is 1. The van der Waals surface area contributed by atoms with Crippen molar-refractivity contribution in [3.8, 4) is 0 Å². The molecule has 1 saturated carbocycles. The summed E-state index contributed by atoms with van der Waals surface area (Å²) in [6.07, 6.45) is 7.47. The molecule has 1 saturated heterocycles. The molecule has 2 heterocycles. The van der Waals surface area contributed by atoms with Crippen LogP contribution in [0.2, 0.25) is 0 Å². The zero-order chi connectivity index (χ0) is 14.7. The Balaban J connectivity index is 1.66. The van der Waals surface area contributed by atoms with Gasteiger partial charge in [-0.3, -0.25) is 5.32 Å². The number of likely N-dealkylation sites (tertiary alicyclic amines) is 1. The lowest BCUT2D eigenvalue weighted by Crippen LogP contribution is -2.48. The number of fused-ring (bicyclic) bond motifs is 1. The van der Waals surface area contributed by atoms with Crippen LogP contribution < -0.4 is 5.32 Å². The Bertz CT molecular complexity index is 508. The lowest BCUT2D eigenvalue weighted by Gasteiger charge is -2.37. The first kappa shape index (κ1) is 14.3. The van der Waals surface area contributed by atoms with E-state index in [1.165, 1.54) is 25.6 Å². The Morgan fingerprint density at radius 1 is 1.38 bits per heavy atom. The van der Waals surface area contributed by atoms with Crippen molar-refractivity contribution >= 4 is 11.8 Å². The number of carbonyl (C=O) groups is 1. The lowest BCUT2D eigenvalue weighted by molar-refractivity contribution is 0.138. The summed E-state index contributed by atoms with van der Waals surface area (Å²) in [6, 6.07) is 2.14. The zero-order valence-electron chi connectivity index (χ0n) is 12.4. The van der Waals surface area contributed by atoms with Crippen molar-refractivity contribution in [2.75, 3.05) is 19.0 Å². The normalized spacial score (nSPS) is 24.7. The van der Waals surface area contributed by atoms with Crippen LogP contribution in [0.25, 0.3) is 0 Å². The molecule has 1 aromatic heterocycles. The first-order chi connectivity index (χ1) is 10.3. The quantitative estimate of drug-likeness (QED) is 0.928. The van der Waals surface area contributed by atoms with E-state index in [9.17, 15) is 4.79 Å². The molecule has 2 fully saturated rings. The van der Waals surface area contributed by atoms with E-state index in [0.29, 0.717) is 24.4 Å². The zero-order valence-corrected chi connectivity index (χ0v) is 12.4. The number of amides is 2. The average molecular weight is 290 g/mol. The van der Waals surface area contributed by atoms with Gasteiger partial charge in [0.15, 0.2) is 0 Å². The number of carbonyl (C=O) groups excluding carboxylic acids is 1. The number of aromatic nitrogens is 2. The molecule has 1 aliphatic carbocycles.